The number of aryl methyl sites for hydroxylation is 1. The van der Waals surface area contributed by atoms with E-state index in [1.165, 1.54) is 5.56 Å². The Hall–Kier alpha value is -2.55. The highest BCUT2D eigenvalue weighted by molar-refractivity contribution is 7.09. The van der Waals surface area contributed by atoms with E-state index in [9.17, 15) is 4.79 Å². The van der Waals surface area contributed by atoms with Gasteiger partial charge in [-0.3, -0.25) is 19.3 Å². The van der Waals surface area contributed by atoms with Gasteiger partial charge in [-0.25, -0.2) is 4.98 Å². The van der Waals surface area contributed by atoms with Gasteiger partial charge in [0, 0.05) is 63.1 Å². The maximum absolute atomic E-state index is 12.8. The number of amides is 1. The van der Waals surface area contributed by atoms with E-state index < -0.39 is 0 Å². The summed E-state index contributed by atoms with van der Waals surface area (Å²) in [6, 6.07) is 9.82. The Morgan fingerprint density at radius 1 is 1.17 bits per heavy atom. The van der Waals surface area contributed by atoms with Crippen molar-refractivity contribution < 1.29 is 4.79 Å². The summed E-state index contributed by atoms with van der Waals surface area (Å²) in [5, 5.41) is 10.3. The third kappa shape index (κ3) is 5.29. The second-order valence-corrected chi connectivity index (χ2v) is 8.28. The molecule has 1 fully saturated rings. The number of nitrogens with zero attached hydrogens (tertiary/aromatic N) is 5. The third-order valence-electron chi connectivity index (χ3n) is 5.13. The molecular weight excluding hydrogens is 384 g/mol. The predicted octanol–water partition coefficient (Wildman–Crippen LogP) is 1.90. The Morgan fingerprint density at radius 2 is 1.93 bits per heavy atom. The Bertz CT molecular complexity index is 902. The van der Waals surface area contributed by atoms with Gasteiger partial charge in [0.2, 0.25) is 5.91 Å². The van der Waals surface area contributed by atoms with Gasteiger partial charge in [0.1, 0.15) is 11.0 Å². The van der Waals surface area contributed by atoms with Gasteiger partial charge in [0.05, 0.1) is 12.7 Å². The molecule has 1 aliphatic rings. The fourth-order valence-corrected chi connectivity index (χ4v) is 4.35. The van der Waals surface area contributed by atoms with Gasteiger partial charge in [-0.05, 0) is 5.56 Å². The Morgan fingerprint density at radius 3 is 2.59 bits per heavy atom. The molecule has 29 heavy (non-hydrogen) atoms. The maximum Gasteiger partial charge on any atom is 0.235 e. The molecule has 3 heterocycles. The van der Waals surface area contributed by atoms with Crippen LogP contribution in [0.4, 0.5) is 0 Å². The van der Waals surface area contributed by atoms with E-state index in [0.717, 1.165) is 43.3 Å². The van der Waals surface area contributed by atoms with Gasteiger partial charge in [-0.2, -0.15) is 5.10 Å². The number of carbonyl (C=O) groups excluding carboxylic acids is 1. The van der Waals surface area contributed by atoms with Crippen molar-refractivity contribution in [2.75, 3.05) is 32.7 Å². The minimum atomic E-state index is -0.199. The van der Waals surface area contributed by atoms with E-state index in [1.807, 2.05) is 53.6 Å². The molecule has 0 aliphatic carbocycles. The van der Waals surface area contributed by atoms with Crippen molar-refractivity contribution in [3.05, 3.63) is 70.4 Å². The van der Waals surface area contributed by atoms with Crippen LogP contribution < -0.4 is 5.32 Å². The Balaban J connectivity index is 1.30. The topological polar surface area (TPSA) is 66.3 Å². The fourth-order valence-electron chi connectivity index (χ4n) is 3.64. The first kappa shape index (κ1) is 19.8. The van der Waals surface area contributed by atoms with Crippen molar-refractivity contribution in [2.24, 2.45) is 7.05 Å². The van der Waals surface area contributed by atoms with Crippen molar-refractivity contribution in [1.29, 1.82) is 0 Å². The van der Waals surface area contributed by atoms with Crippen molar-refractivity contribution >= 4 is 17.2 Å². The molecule has 1 saturated heterocycles. The standard InChI is InChI=1S/C21H26N6OS/c1-25-14-17(13-23-25)15-26-8-10-27(11-9-26)16-19(28)24-20(21-22-7-12-29-21)18-5-3-2-4-6-18/h2-7,12-14,20H,8-11,15-16H2,1H3,(H,24,28). The summed E-state index contributed by atoms with van der Waals surface area (Å²) >= 11 is 1.56. The number of hydrogen-bond acceptors (Lipinski definition) is 6. The average Bonchev–Trinajstić information content (AvgIpc) is 3.40. The van der Waals surface area contributed by atoms with E-state index >= 15 is 0 Å². The number of carbonyl (C=O) groups is 1. The van der Waals surface area contributed by atoms with Gasteiger partial charge >= 0.3 is 0 Å². The first-order chi connectivity index (χ1) is 14.2. The molecular formula is C21H26N6OS. The summed E-state index contributed by atoms with van der Waals surface area (Å²) < 4.78 is 1.83. The number of thiazole rings is 1. The highest BCUT2D eigenvalue weighted by Gasteiger charge is 2.23. The van der Waals surface area contributed by atoms with Crippen LogP contribution in [-0.2, 0) is 18.4 Å². The normalized spacial score (nSPS) is 16.6. The minimum Gasteiger partial charge on any atom is -0.342 e. The van der Waals surface area contributed by atoms with Crippen LogP contribution in [0, 0.1) is 0 Å². The predicted molar refractivity (Wildman–Crippen MR) is 113 cm³/mol. The molecule has 8 heteroatoms. The summed E-state index contributed by atoms with van der Waals surface area (Å²) in [5.41, 5.74) is 2.28. The average molecular weight is 411 g/mol. The van der Waals surface area contributed by atoms with Gasteiger partial charge in [-0.15, -0.1) is 11.3 Å². The number of rotatable bonds is 7. The van der Waals surface area contributed by atoms with Crippen molar-refractivity contribution in [3.63, 3.8) is 0 Å². The molecule has 1 N–H and O–H groups in total. The highest BCUT2D eigenvalue weighted by atomic mass is 32.1. The van der Waals surface area contributed by atoms with Crippen LogP contribution in [0.25, 0.3) is 0 Å². The van der Waals surface area contributed by atoms with E-state index in [4.69, 9.17) is 0 Å². The number of nitrogens with one attached hydrogen (secondary N) is 1. The highest BCUT2D eigenvalue weighted by Crippen LogP contribution is 2.23. The number of aromatic nitrogens is 3. The molecule has 1 atom stereocenters. The number of hydrogen-bond donors (Lipinski definition) is 1. The molecule has 3 aromatic rings. The molecule has 0 radical (unpaired) electrons. The molecule has 0 saturated carbocycles. The monoisotopic (exact) mass is 410 g/mol. The lowest BCUT2D eigenvalue weighted by Crippen LogP contribution is -2.49. The SMILES string of the molecule is Cn1cc(CN2CCN(CC(=O)NC(c3ccccc3)c3nccs3)CC2)cn1. The van der Waals surface area contributed by atoms with Crippen molar-refractivity contribution in [2.45, 2.75) is 12.6 Å². The molecule has 0 bridgehead atoms. The van der Waals surface area contributed by atoms with Gasteiger partial charge in [0.25, 0.3) is 0 Å². The molecule has 4 rings (SSSR count). The quantitative estimate of drug-likeness (QED) is 0.645. The first-order valence-electron chi connectivity index (χ1n) is 9.83. The van der Waals surface area contributed by atoms with Crippen LogP contribution >= 0.6 is 11.3 Å². The molecule has 0 spiro atoms. The van der Waals surface area contributed by atoms with Gasteiger partial charge < -0.3 is 5.32 Å². The first-order valence-corrected chi connectivity index (χ1v) is 10.7. The third-order valence-corrected chi connectivity index (χ3v) is 5.97. The van der Waals surface area contributed by atoms with Crippen LogP contribution in [0.15, 0.2) is 54.3 Å². The number of benzene rings is 1. The Kier molecular flexibility index (Phi) is 6.33. The summed E-state index contributed by atoms with van der Waals surface area (Å²) in [6.07, 6.45) is 5.76. The zero-order valence-electron chi connectivity index (χ0n) is 16.6. The maximum atomic E-state index is 12.8. The second kappa shape index (κ2) is 9.30. The van der Waals surface area contributed by atoms with Crippen molar-refractivity contribution in [1.82, 2.24) is 29.9 Å². The van der Waals surface area contributed by atoms with Crippen LogP contribution in [0.3, 0.4) is 0 Å². The zero-order valence-corrected chi connectivity index (χ0v) is 17.4. The lowest BCUT2D eigenvalue weighted by molar-refractivity contribution is -0.123. The largest absolute Gasteiger partial charge is 0.342 e. The summed E-state index contributed by atoms with van der Waals surface area (Å²) in [6.45, 7) is 5.01. The lowest BCUT2D eigenvalue weighted by atomic mass is 10.1. The lowest BCUT2D eigenvalue weighted by Gasteiger charge is -2.34. The second-order valence-electron chi connectivity index (χ2n) is 7.36. The minimum absolute atomic E-state index is 0.0368. The van der Waals surface area contributed by atoms with Crippen LogP contribution in [0.5, 0.6) is 0 Å². The van der Waals surface area contributed by atoms with E-state index in [-0.39, 0.29) is 11.9 Å². The molecule has 1 aliphatic heterocycles. The van der Waals surface area contributed by atoms with Crippen LogP contribution in [-0.4, -0.2) is 63.2 Å². The van der Waals surface area contributed by atoms with Gasteiger partial charge in [0.15, 0.2) is 0 Å². The molecule has 1 aromatic carbocycles. The molecule has 1 unspecified atom stereocenters. The zero-order chi connectivity index (χ0) is 20.1. The molecule has 152 valence electrons. The molecule has 1 amide bonds. The van der Waals surface area contributed by atoms with Crippen molar-refractivity contribution in [3.8, 4) is 0 Å². The molecule has 2 aromatic heterocycles. The number of piperazine rings is 1. The molecule has 7 nitrogen and oxygen atoms in total. The van der Waals surface area contributed by atoms with Gasteiger partial charge in [-0.1, -0.05) is 30.3 Å². The Labute approximate surface area is 175 Å². The summed E-state index contributed by atoms with van der Waals surface area (Å²) in [7, 11) is 1.94. The van der Waals surface area contributed by atoms with E-state index in [0.29, 0.717) is 6.54 Å². The summed E-state index contributed by atoms with van der Waals surface area (Å²) in [4.78, 5) is 21.8. The smallest absolute Gasteiger partial charge is 0.235 e. The van der Waals surface area contributed by atoms with E-state index in [1.54, 1.807) is 17.5 Å². The van der Waals surface area contributed by atoms with Crippen LogP contribution in [0.1, 0.15) is 22.2 Å². The fraction of sp³-hybridized carbons (Fsp3) is 0.381. The van der Waals surface area contributed by atoms with E-state index in [2.05, 4.69) is 31.4 Å². The summed E-state index contributed by atoms with van der Waals surface area (Å²) in [5.74, 6) is 0.0368. The van der Waals surface area contributed by atoms with Crippen LogP contribution in [0.2, 0.25) is 0 Å².